The highest BCUT2D eigenvalue weighted by Gasteiger charge is 2.13. The molecule has 2 aromatic carbocycles. The van der Waals surface area contributed by atoms with Crippen LogP contribution < -0.4 is 0 Å². The molecule has 4 rings (SSSR count). The molecule has 0 aliphatic heterocycles. The molecule has 0 aliphatic carbocycles. The molecule has 26 heavy (non-hydrogen) atoms. The first-order valence-electron chi connectivity index (χ1n) is 8.58. The van der Waals surface area contributed by atoms with E-state index in [1.54, 1.807) is 22.7 Å². The number of rotatable bonds is 5. The summed E-state index contributed by atoms with van der Waals surface area (Å²) < 4.78 is 7.62. The van der Waals surface area contributed by atoms with Gasteiger partial charge >= 0.3 is 5.97 Å². The van der Waals surface area contributed by atoms with Gasteiger partial charge in [-0.25, -0.2) is 0 Å². The summed E-state index contributed by atoms with van der Waals surface area (Å²) in [5.74, 6) is -0.188. The van der Waals surface area contributed by atoms with Gasteiger partial charge in [0, 0.05) is 24.7 Å². The summed E-state index contributed by atoms with van der Waals surface area (Å²) in [6.07, 6.45) is 2.29. The topological polar surface area (TPSA) is 26.3 Å². The van der Waals surface area contributed by atoms with E-state index in [4.69, 9.17) is 4.74 Å². The smallest absolute Gasteiger partial charge is 0.309 e. The van der Waals surface area contributed by atoms with Crippen LogP contribution in [0.1, 0.15) is 23.1 Å². The van der Waals surface area contributed by atoms with Gasteiger partial charge in [0.2, 0.25) is 0 Å². The van der Waals surface area contributed by atoms with Crippen LogP contribution in [-0.4, -0.2) is 12.6 Å². The molecule has 0 N–H and O–H groups in total. The second-order valence-corrected chi connectivity index (χ2v) is 8.09. The molecule has 0 spiro atoms. The molecule has 0 radical (unpaired) electrons. The fourth-order valence-corrected chi connectivity index (χ4v) is 5.26. The van der Waals surface area contributed by atoms with E-state index in [1.807, 2.05) is 13.0 Å². The Labute approximate surface area is 160 Å². The lowest BCUT2D eigenvalue weighted by Gasteiger charge is -2.03. The largest absolute Gasteiger partial charge is 0.466 e. The van der Waals surface area contributed by atoms with Crippen molar-refractivity contribution in [2.24, 2.45) is 0 Å². The maximum absolute atomic E-state index is 11.9. The summed E-state index contributed by atoms with van der Waals surface area (Å²) >= 11 is 3.52. The summed E-state index contributed by atoms with van der Waals surface area (Å²) in [6, 6.07) is 21.2. The van der Waals surface area contributed by atoms with E-state index < -0.39 is 0 Å². The molecule has 0 aliphatic rings. The molecule has 2 nitrogen and oxygen atoms in total. The predicted molar refractivity (Wildman–Crippen MR) is 112 cm³/mol. The highest BCUT2D eigenvalue weighted by molar-refractivity contribution is 7.22. The number of carbonyl (C=O) groups excluding carboxylic acids is 1. The molecule has 4 heteroatoms. The van der Waals surface area contributed by atoms with E-state index in [9.17, 15) is 4.79 Å². The van der Waals surface area contributed by atoms with Gasteiger partial charge in [-0.2, -0.15) is 0 Å². The maximum atomic E-state index is 11.9. The summed E-state index contributed by atoms with van der Waals surface area (Å²) in [7, 11) is 0. The van der Waals surface area contributed by atoms with Crippen LogP contribution in [-0.2, 0) is 9.53 Å². The van der Waals surface area contributed by atoms with Crippen LogP contribution in [0.15, 0.2) is 66.7 Å². The number of esters is 1. The van der Waals surface area contributed by atoms with Gasteiger partial charge in [0.1, 0.15) is 0 Å². The molecule has 130 valence electrons. The van der Waals surface area contributed by atoms with E-state index in [-0.39, 0.29) is 12.4 Å². The molecular formula is C22H18O2S2. The Morgan fingerprint density at radius 3 is 1.96 bits per heavy atom. The molecule has 0 unspecified atom stereocenters. The van der Waals surface area contributed by atoms with Crippen molar-refractivity contribution < 1.29 is 9.53 Å². The number of ether oxygens (including phenoxy) is 1. The number of hydrogen-bond acceptors (Lipinski definition) is 4. The fraction of sp³-hybridized carbons (Fsp3) is 0.136. The van der Waals surface area contributed by atoms with Gasteiger partial charge < -0.3 is 4.74 Å². The molecule has 0 bridgehead atoms. The van der Waals surface area contributed by atoms with Crippen molar-refractivity contribution in [1.82, 2.24) is 0 Å². The van der Waals surface area contributed by atoms with Crippen molar-refractivity contribution in [3.8, 4) is 0 Å². The van der Waals surface area contributed by atoms with Gasteiger partial charge in [0.15, 0.2) is 0 Å². The Hall–Kier alpha value is -2.43. The number of fused-ring (bicyclic) bond motifs is 2. The highest BCUT2D eigenvalue weighted by Crippen LogP contribution is 2.38. The lowest BCUT2D eigenvalue weighted by molar-refractivity contribution is -0.142. The monoisotopic (exact) mass is 378 g/mol. The first-order chi connectivity index (χ1) is 12.7. The van der Waals surface area contributed by atoms with Crippen molar-refractivity contribution in [2.75, 3.05) is 6.61 Å². The summed E-state index contributed by atoms with van der Waals surface area (Å²) in [4.78, 5) is 14.3. The Kier molecular flexibility index (Phi) is 4.87. The standard InChI is InChI=1S/C22H18O2S2/c1-2-24-22(23)12-11-17(20-13-15-7-3-5-9-18(15)25-20)21-14-16-8-4-6-10-19(16)26-21/h3-11,13-14H,2,12H2,1H3. The van der Waals surface area contributed by atoms with E-state index >= 15 is 0 Å². The van der Waals surface area contributed by atoms with Crippen molar-refractivity contribution in [1.29, 1.82) is 0 Å². The minimum Gasteiger partial charge on any atom is -0.466 e. The zero-order valence-electron chi connectivity index (χ0n) is 14.4. The molecule has 0 amide bonds. The van der Waals surface area contributed by atoms with Crippen LogP contribution >= 0.6 is 22.7 Å². The Bertz CT molecular complexity index is 959. The third-order valence-electron chi connectivity index (χ3n) is 4.16. The van der Waals surface area contributed by atoms with Crippen LogP contribution in [0.3, 0.4) is 0 Å². The average Bonchev–Trinajstić information content (AvgIpc) is 3.26. The van der Waals surface area contributed by atoms with E-state index in [1.165, 1.54) is 29.9 Å². The van der Waals surface area contributed by atoms with Crippen molar-refractivity contribution in [2.45, 2.75) is 13.3 Å². The molecule has 0 saturated heterocycles. The molecule has 2 aromatic heterocycles. The van der Waals surface area contributed by atoms with Crippen molar-refractivity contribution >= 4 is 54.4 Å². The normalized spacial score (nSPS) is 11.0. The quantitative estimate of drug-likeness (QED) is 0.370. The van der Waals surface area contributed by atoms with Gasteiger partial charge in [0.25, 0.3) is 0 Å². The van der Waals surface area contributed by atoms with Crippen LogP contribution in [0.25, 0.3) is 25.7 Å². The molecule has 4 aromatic rings. The molecule has 2 heterocycles. The summed E-state index contributed by atoms with van der Waals surface area (Å²) in [5, 5.41) is 2.46. The lowest BCUT2D eigenvalue weighted by Crippen LogP contribution is -2.02. The molecular weight excluding hydrogens is 360 g/mol. The Balaban J connectivity index is 1.80. The van der Waals surface area contributed by atoms with Gasteiger partial charge in [-0.3, -0.25) is 4.79 Å². The minimum atomic E-state index is -0.188. The highest BCUT2D eigenvalue weighted by atomic mass is 32.1. The van der Waals surface area contributed by atoms with Crippen LogP contribution in [0.2, 0.25) is 0 Å². The molecule has 0 fully saturated rings. The Morgan fingerprint density at radius 2 is 1.46 bits per heavy atom. The average molecular weight is 379 g/mol. The number of benzene rings is 2. The van der Waals surface area contributed by atoms with Gasteiger partial charge in [-0.05, 0) is 42.0 Å². The van der Waals surface area contributed by atoms with Crippen molar-refractivity contribution in [3.05, 3.63) is 76.5 Å². The summed E-state index contributed by atoms with van der Waals surface area (Å²) in [5.41, 5.74) is 1.11. The Morgan fingerprint density at radius 1 is 0.923 bits per heavy atom. The van der Waals surface area contributed by atoms with E-state index in [0.717, 1.165) is 5.57 Å². The maximum Gasteiger partial charge on any atom is 0.309 e. The zero-order valence-corrected chi connectivity index (χ0v) is 16.0. The number of hydrogen-bond donors (Lipinski definition) is 0. The first kappa shape index (κ1) is 17.0. The zero-order chi connectivity index (χ0) is 17.9. The van der Waals surface area contributed by atoms with Gasteiger partial charge in [0.05, 0.1) is 13.0 Å². The summed E-state index contributed by atoms with van der Waals surface area (Å²) in [6.45, 7) is 2.24. The van der Waals surface area contributed by atoms with Crippen LogP contribution in [0.4, 0.5) is 0 Å². The predicted octanol–water partition coefficient (Wildman–Crippen LogP) is 6.50. The van der Waals surface area contributed by atoms with Crippen LogP contribution in [0, 0.1) is 0 Å². The first-order valence-corrected chi connectivity index (χ1v) is 10.2. The fourth-order valence-electron chi connectivity index (χ4n) is 2.96. The third-order valence-corrected chi connectivity index (χ3v) is 6.46. The van der Waals surface area contributed by atoms with Crippen LogP contribution in [0.5, 0.6) is 0 Å². The second-order valence-electron chi connectivity index (χ2n) is 5.92. The number of thiophene rings is 2. The molecule has 0 saturated carbocycles. The van der Waals surface area contributed by atoms with E-state index in [2.05, 4.69) is 60.7 Å². The number of carbonyl (C=O) groups is 1. The van der Waals surface area contributed by atoms with Crippen molar-refractivity contribution in [3.63, 3.8) is 0 Å². The van der Waals surface area contributed by atoms with E-state index in [0.29, 0.717) is 6.61 Å². The minimum absolute atomic E-state index is 0.188. The van der Waals surface area contributed by atoms with Gasteiger partial charge in [-0.15, -0.1) is 22.7 Å². The SMILES string of the molecule is CCOC(=O)CC=C(c1cc2ccccc2s1)c1cc2ccccc2s1. The lowest BCUT2D eigenvalue weighted by atomic mass is 10.1. The van der Waals surface area contributed by atoms with Gasteiger partial charge in [-0.1, -0.05) is 42.5 Å². The second kappa shape index (κ2) is 7.44. The molecule has 0 atom stereocenters. The third kappa shape index (κ3) is 3.43.